The highest BCUT2D eigenvalue weighted by atomic mass is 35.5. The lowest BCUT2D eigenvalue weighted by atomic mass is 10.0. The molecule has 1 aromatic heterocycles. The second-order valence-electron chi connectivity index (χ2n) is 6.05. The van der Waals surface area contributed by atoms with Crippen LogP contribution in [-0.4, -0.2) is 22.3 Å². The normalized spacial score (nSPS) is 16.8. The topological polar surface area (TPSA) is 56.1 Å². The average molecular weight is 334 g/mol. The second-order valence-corrected chi connectivity index (χ2v) is 6.46. The van der Waals surface area contributed by atoms with Gasteiger partial charge in [0.25, 0.3) is 5.91 Å². The van der Waals surface area contributed by atoms with Gasteiger partial charge in [-0.15, -0.1) is 0 Å². The SMILES string of the molecule is CC(C)c1cc(C(=O)NC2CCOc3c(Cl)cccc32)nn1C. The van der Waals surface area contributed by atoms with E-state index in [1.165, 1.54) is 0 Å². The van der Waals surface area contributed by atoms with Crippen LogP contribution in [0.2, 0.25) is 5.02 Å². The molecule has 1 aliphatic heterocycles. The summed E-state index contributed by atoms with van der Waals surface area (Å²) in [5.41, 5.74) is 2.38. The molecule has 1 aliphatic rings. The molecular weight excluding hydrogens is 314 g/mol. The lowest BCUT2D eigenvalue weighted by Gasteiger charge is -2.27. The first-order valence-corrected chi connectivity index (χ1v) is 8.11. The van der Waals surface area contributed by atoms with Gasteiger partial charge in [0.2, 0.25) is 0 Å². The number of ether oxygens (including phenoxy) is 1. The molecule has 122 valence electrons. The zero-order chi connectivity index (χ0) is 16.6. The first kappa shape index (κ1) is 15.9. The van der Waals surface area contributed by atoms with Gasteiger partial charge in [-0.05, 0) is 18.1 Å². The van der Waals surface area contributed by atoms with Gasteiger partial charge in [-0.1, -0.05) is 37.6 Å². The Morgan fingerprint density at radius 2 is 2.26 bits per heavy atom. The van der Waals surface area contributed by atoms with Crippen LogP contribution < -0.4 is 10.1 Å². The number of benzene rings is 1. The number of rotatable bonds is 3. The largest absolute Gasteiger partial charge is 0.492 e. The van der Waals surface area contributed by atoms with Gasteiger partial charge in [-0.3, -0.25) is 9.48 Å². The Kier molecular flexibility index (Phi) is 4.31. The number of aryl methyl sites for hydroxylation is 1. The molecule has 1 aromatic carbocycles. The summed E-state index contributed by atoms with van der Waals surface area (Å²) >= 11 is 6.17. The molecule has 1 N–H and O–H groups in total. The van der Waals surface area contributed by atoms with Gasteiger partial charge in [0, 0.05) is 24.7 Å². The molecule has 0 saturated carbocycles. The van der Waals surface area contributed by atoms with E-state index >= 15 is 0 Å². The standard InChI is InChI=1S/C17H20ClN3O2/c1-10(2)15-9-14(20-21(15)3)17(22)19-13-7-8-23-16-11(13)5-4-6-12(16)18/h4-6,9-10,13H,7-8H2,1-3H3,(H,19,22). The van der Waals surface area contributed by atoms with Crippen molar-refractivity contribution in [3.63, 3.8) is 0 Å². The van der Waals surface area contributed by atoms with Crippen LogP contribution >= 0.6 is 11.6 Å². The summed E-state index contributed by atoms with van der Waals surface area (Å²) in [5, 5.41) is 7.93. The molecule has 23 heavy (non-hydrogen) atoms. The summed E-state index contributed by atoms with van der Waals surface area (Å²) < 4.78 is 7.38. The van der Waals surface area contributed by atoms with Crippen LogP contribution in [0, 0.1) is 0 Å². The molecule has 0 fully saturated rings. The highest BCUT2D eigenvalue weighted by Crippen LogP contribution is 2.37. The zero-order valence-corrected chi connectivity index (χ0v) is 14.2. The Labute approximate surface area is 140 Å². The average Bonchev–Trinajstić information content (AvgIpc) is 2.91. The number of fused-ring (bicyclic) bond motifs is 1. The van der Waals surface area contributed by atoms with Crippen molar-refractivity contribution < 1.29 is 9.53 Å². The van der Waals surface area contributed by atoms with E-state index in [0.29, 0.717) is 35.4 Å². The maximum atomic E-state index is 12.5. The monoisotopic (exact) mass is 333 g/mol. The Morgan fingerprint density at radius 3 is 2.96 bits per heavy atom. The third-order valence-corrected chi connectivity index (χ3v) is 4.37. The molecule has 1 unspecified atom stereocenters. The molecule has 0 bridgehead atoms. The smallest absolute Gasteiger partial charge is 0.272 e. The summed E-state index contributed by atoms with van der Waals surface area (Å²) in [6.07, 6.45) is 0.711. The van der Waals surface area contributed by atoms with Crippen molar-refractivity contribution in [3.05, 3.63) is 46.2 Å². The van der Waals surface area contributed by atoms with Crippen LogP contribution in [0.15, 0.2) is 24.3 Å². The Bertz CT molecular complexity index is 739. The molecular formula is C17H20ClN3O2. The van der Waals surface area contributed by atoms with Crippen molar-refractivity contribution in [1.82, 2.24) is 15.1 Å². The predicted molar refractivity (Wildman–Crippen MR) is 89.1 cm³/mol. The summed E-state index contributed by atoms with van der Waals surface area (Å²) in [4.78, 5) is 12.5. The number of aromatic nitrogens is 2. The molecule has 1 amide bonds. The lowest BCUT2D eigenvalue weighted by molar-refractivity contribution is 0.0919. The molecule has 1 atom stereocenters. The van der Waals surface area contributed by atoms with Crippen LogP contribution in [0.5, 0.6) is 5.75 Å². The van der Waals surface area contributed by atoms with Crippen molar-refractivity contribution >= 4 is 17.5 Å². The number of nitrogens with one attached hydrogen (secondary N) is 1. The van der Waals surface area contributed by atoms with Gasteiger partial charge in [0.1, 0.15) is 11.4 Å². The van der Waals surface area contributed by atoms with Gasteiger partial charge in [-0.2, -0.15) is 5.10 Å². The van der Waals surface area contributed by atoms with Crippen LogP contribution in [-0.2, 0) is 7.05 Å². The van der Waals surface area contributed by atoms with Gasteiger partial charge in [-0.25, -0.2) is 0 Å². The number of hydrogen-bond acceptors (Lipinski definition) is 3. The zero-order valence-electron chi connectivity index (χ0n) is 13.5. The molecule has 0 spiro atoms. The first-order valence-electron chi connectivity index (χ1n) is 7.73. The summed E-state index contributed by atoms with van der Waals surface area (Å²) in [6, 6.07) is 7.32. The maximum absolute atomic E-state index is 12.5. The van der Waals surface area contributed by atoms with Crippen LogP contribution in [0.1, 0.15) is 54.0 Å². The highest BCUT2D eigenvalue weighted by Gasteiger charge is 2.26. The number of para-hydroxylation sites is 1. The Morgan fingerprint density at radius 1 is 1.48 bits per heavy atom. The minimum Gasteiger partial charge on any atom is -0.492 e. The number of nitrogens with zero attached hydrogens (tertiary/aromatic N) is 2. The molecule has 5 nitrogen and oxygen atoms in total. The Hall–Kier alpha value is -2.01. The van der Waals surface area contributed by atoms with Crippen LogP contribution in [0.4, 0.5) is 0 Å². The van der Waals surface area contributed by atoms with Crippen molar-refractivity contribution in [2.45, 2.75) is 32.2 Å². The van der Waals surface area contributed by atoms with Crippen molar-refractivity contribution in [2.75, 3.05) is 6.61 Å². The summed E-state index contributed by atoms with van der Waals surface area (Å²) in [6.45, 7) is 4.69. The molecule has 2 aromatic rings. The minimum absolute atomic E-state index is 0.116. The Balaban J connectivity index is 1.82. The molecule has 6 heteroatoms. The maximum Gasteiger partial charge on any atom is 0.272 e. The highest BCUT2D eigenvalue weighted by molar-refractivity contribution is 6.32. The van der Waals surface area contributed by atoms with Crippen molar-refractivity contribution in [2.24, 2.45) is 7.05 Å². The van der Waals surface area contributed by atoms with E-state index in [4.69, 9.17) is 16.3 Å². The molecule has 0 radical (unpaired) electrons. The molecule has 3 rings (SSSR count). The number of hydrogen-bond donors (Lipinski definition) is 1. The number of amides is 1. The summed E-state index contributed by atoms with van der Waals surface area (Å²) in [7, 11) is 1.86. The predicted octanol–water partition coefficient (Wildman–Crippen LogP) is 3.45. The van der Waals surface area contributed by atoms with E-state index in [9.17, 15) is 4.79 Å². The number of halogens is 1. The van der Waals surface area contributed by atoms with E-state index in [2.05, 4.69) is 24.3 Å². The van der Waals surface area contributed by atoms with Gasteiger partial charge in [0.15, 0.2) is 0 Å². The van der Waals surface area contributed by atoms with E-state index in [-0.39, 0.29) is 11.9 Å². The molecule has 0 aliphatic carbocycles. The fraction of sp³-hybridized carbons (Fsp3) is 0.412. The fourth-order valence-electron chi connectivity index (χ4n) is 2.90. The first-order chi connectivity index (χ1) is 11.0. The molecule has 2 heterocycles. The summed E-state index contributed by atoms with van der Waals surface area (Å²) in [5.74, 6) is 0.802. The second kappa shape index (κ2) is 6.24. The third kappa shape index (κ3) is 3.06. The fourth-order valence-corrected chi connectivity index (χ4v) is 3.14. The quantitative estimate of drug-likeness (QED) is 0.936. The van der Waals surface area contributed by atoms with Gasteiger partial charge >= 0.3 is 0 Å². The van der Waals surface area contributed by atoms with E-state index in [1.807, 2.05) is 25.2 Å². The van der Waals surface area contributed by atoms with Crippen molar-refractivity contribution in [1.29, 1.82) is 0 Å². The van der Waals surface area contributed by atoms with Gasteiger partial charge < -0.3 is 10.1 Å². The molecule has 0 saturated heterocycles. The van der Waals surface area contributed by atoms with E-state index in [1.54, 1.807) is 10.7 Å². The van der Waals surface area contributed by atoms with Gasteiger partial charge in [0.05, 0.1) is 17.7 Å². The van der Waals surface area contributed by atoms with E-state index in [0.717, 1.165) is 11.3 Å². The van der Waals surface area contributed by atoms with E-state index < -0.39 is 0 Å². The number of carbonyl (C=O) groups excluding carboxylic acids is 1. The minimum atomic E-state index is -0.176. The third-order valence-electron chi connectivity index (χ3n) is 4.07. The lowest BCUT2D eigenvalue weighted by Crippen LogP contribution is -2.32. The van der Waals surface area contributed by atoms with Crippen LogP contribution in [0.3, 0.4) is 0 Å². The van der Waals surface area contributed by atoms with Crippen LogP contribution in [0.25, 0.3) is 0 Å². The van der Waals surface area contributed by atoms with Crippen molar-refractivity contribution in [3.8, 4) is 5.75 Å². The number of carbonyl (C=O) groups is 1.